The lowest BCUT2D eigenvalue weighted by Gasteiger charge is -2.19. The predicted molar refractivity (Wildman–Crippen MR) is 103 cm³/mol. The summed E-state index contributed by atoms with van der Waals surface area (Å²) in [6.45, 7) is 5.46. The van der Waals surface area contributed by atoms with E-state index in [2.05, 4.69) is 0 Å². The maximum atomic E-state index is 13.0. The number of hydrogen-bond donors (Lipinski definition) is 0. The average Bonchev–Trinajstić information content (AvgIpc) is 2.70. The lowest BCUT2D eigenvalue weighted by Crippen LogP contribution is -2.27. The molecule has 0 aromatic heterocycles. The van der Waals surface area contributed by atoms with Gasteiger partial charge in [-0.1, -0.05) is 18.2 Å². The van der Waals surface area contributed by atoms with E-state index in [1.807, 2.05) is 0 Å². The monoisotopic (exact) mass is 398 g/mol. The number of hydrogen-bond acceptors (Lipinski definition) is 7. The fourth-order valence-corrected chi connectivity index (χ4v) is 2.77. The first-order valence-corrected chi connectivity index (χ1v) is 9.17. The Labute approximate surface area is 168 Å². The van der Waals surface area contributed by atoms with Crippen LogP contribution in [-0.2, 0) is 14.3 Å². The first-order chi connectivity index (χ1) is 13.7. The summed E-state index contributed by atoms with van der Waals surface area (Å²) in [5.41, 5.74) is -0.105. The molecule has 3 rings (SSSR count). The second-order valence-electron chi connectivity index (χ2n) is 7.40. The Morgan fingerprint density at radius 2 is 1.59 bits per heavy atom. The van der Waals surface area contributed by atoms with Gasteiger partial charge in [-0.25, -0.2) is 9.59 Å². The summed E-state index contributed by atoms with van der Waals surface area (Å²) in [6.07, 6.45) is 0. The first kappa shape index (κ1) is 20.4. The SMILES string of the molecule is CC(C)(C)OC(=O)COC(=O)c1ccccc1C(=O)c1ccc2c(c1)OCCO2. The molecule has 7 nitrogen and oxygen atoms in total. The van der Waals surface area contributed by atoms with Crippen molar-refractivity contribution in [3.63, 3.8) is 0 Å². The summed E-state index contributed by atoms with van der Waals surface area (Å²) in [5, 5.41) is 0. The summed E-state index contributed by atoms with van der Waals surface area (Å²) < 4.78 is 21.1. The highest BCUT2D eigenvalue weighted by Crippen LogP contribution is 2.31. The number of rotatable bonds is 5. The number of carbonyl (C=O) groups excluding carboxylic acids is 3. The highest BCUT2D eigenvalue weighted by atomic mass is 16.6. The van der Waals surface area contributed by atoms with Crippen molar-refractivity contribution in [2.24, 2.45) is 0 Å². The molecule has 0 N–H and O–H groups in total. The van der Waals surface area contributed by atoms with Crippen LogP contribution in [0.5, 0.6) is 11.5 Å². The number of esters is 2. The van der Waals surface area contributed by atoms with Crippen LogP contribution in [0, 0.1) is 0 Å². The van der Waals surface area contributed by atoms with Gasteiger partial charge in [0, 0.05) is 11.1 Å². The number of ketones is 1. The largest absolute Gasteiger partial charge is 0.486 e. The Kier molecular flexibility index (Phi) is 5.87. The molecule has 0 bridgehead atoms. The Hall–Kier alpha value is -3.35. The third-order valence-electron chi connectivity index (χ3n) is 3.94. The summed E-state index contributed by atoms with van der Waals surface area (Å²) in [6, 6.07) is 11.1. The molecular weight excluding hydrogens is 376 g/mol. The smallest absolute Gasteiger partial charge is 0.344 e. The summed E-state index contributed by atoms with van der Waals surface area (Å²) in [4.78, 5) is 37.2. The lowest BCUT2D eigenvalue weighted by molar-refractivity contribution is -0.158. The van der Waals surface area contributed by atoms with Gasteiger partial charge in [0.2, 0.25) is 0 Å². The van der Waals surface area contributed by atoms with Gasteiger partial charge in [0.1, 0.15) is 18.8 Å². The molecule has 7 heteroatoms. The topological polar surface area (TPSA) is 88.1 Å². The van der Waals surface area contributed by atoms with Gasteiger partial charge in [0.15, 0.2) is 23.9 Å². The zero-order valence-corrected chi connectivity index (χ0v) is 16.5. The normalized spacial score (nSPS) is 12.8. The van der Waals surface area contributed by atoms with E-state index in [4.69, 9.17) is 18.9 Å². The molecule has 1 aliphatic heterocycles. The van der Waals surface area contributed by atoms with Gasteiger partial charge in [-0.15, -0.1) is 0 Å². The molecule has 0 saturated heterocycles. The van der Waals surface area contributed by atoms with Crippen LogP contribution in [0.1, 0.15) is 47.1 Å². The maximum absolute atomic E-state index is 13.0. The third kappa shape index (κ3) is 5.13. The highest BCUT2D eigenvalue weighted by Gasteiger charge is 2.23. The number of ether oxygens (including phenoxy) is 4. The Morgan fingerprint density at radius 1 is 0.931 bits per heavy atom. The molecule has 0 saturated carbocycles. The van der Waals surface area contributed by atoms with Crippen LogP contribution >= 0.6 is 0 Å². The first-order valence-electron chi connectivity index (χ1n) is 9.17. The van der Waals surface area contributed by atoms with E-state index in [-0.39, 0.29) is 16.9 Å². The molecule has 1 heterocycles. The van der Waals surface area contributed by atoms with Crippen LogP contribution in [0.15, 0.2) is 42.5 Å². The molecule has 29 heavy (non-hydrogen) atoms. The van der Waals surface area contributed by atoms with Crippen molar-refractivity contribution < 1.29 is 33.3 Å². The minimum Gasteiger partial charge on any atom is -0.486 e. The van der Waals surface area contributed by atoms with Crippen molar-refractivity contribution in [3.05, 3.63) is 59.2 Å². The Morgan fingerprint density at radius 3 is 2.28 bits per heavy atom. The van der Waals surface area contributed by atoms with Gasteiger partial charge < -0.3 is 18.9 Å². The van der Waals surface area contributed by atoms with E-state index in [9.17, 15) is 14.4 Å². The minimum atomic E-state index is -0.780. The maximum Gasteiger partial charge on any atom is 0.344 e. The summed E-state index contributed by atoms with van der Waals surface area (Å²) in [5.74, 6) is -0.768. The van der Waals surface area contributed by atoms with E-state index in [0.717, 1.165) is 0 Å². The fourth-order valence-electron chi connectivity index (χ4n) is 2.77. The van der Waals surface area contributed by atoms with Crippen LogP contribution in [0.2, 0.25) is 0 Å². The molecule has 2 aromatic rings. The van der Waals surface area contributed by atoms with Gasteiger partial charge in [-0.2, -0.15) is 0 Å². The van der Waals surface area contributed by atoms with Gasteiger partial charge in [0.25, 0.3) is 0 Å². The molecule has 0 unspecified atom stereocenters. The average molecular weight is 398 g/mol. The van der Waals surface area contributed by atoms with Crippen LogP contribution in [0.4, 0.5) is 0 Å². The van der Waals surface area contributed by atoms with Crippen molar-refractivity contribution in [1.82, 2.24) is 0 Å². The number of benzene rings is 2. The zero-order valence-electron chi connectivity index (χ0n) is 16.5. The standard InChI is InChI=1S/C22H22O7/c1-22(2,3)29-19(23)13-28-21(25)16-7-5-4-6-15(16)20(24)14-8-9-17-18(12-14)27-11-10-26-17/h4-9,12H,10-11,13H2,1-3H3. The second kappa shape index (κ2) is 8.34. The van der Waals surface area contributed by atoms with E-state index >= 15 is 0 Å². The minimum absolute atomic E-state index is 0.0657. The van der Waals surface area contributed by atoms with Crippen molar-refractivity contribution in [2.45, 2.75) is 26.4 Å². The second-order valence-corrected chi connectivity index (χ2v) is 7.40. The fraction of sp³-hybridized carbons (Fsp3) is 0.318. The van der Waals surface area contributed by atoms with Crippen molar-refractivity contribution in [2.75, 3.05) is 19.8 Å². The van der Waals surface area contributed by atoms with E-state index in [0.29, 0.717) is 30.3 Å². The molecule has 0 aliphatic carbocycles. The quantitative estimate of drug-likeness (QED) is 0.564. The molecule has 1 aliphatic rings. The van der Waals surface area contributed by atoms with E-state index in [1.165, 1.54) is 12.1 Å². The summed E-state index contributed by atoms with van der Waals surface area (Å²) in [7, 11) is 0. The lowest BCUT2D eigenvalue weighted by atomic mass is 9.98. The van der Waals surface area contributed by atoms with E-state index < -0.39 is 24.1 Å². The summed E-state index contributed by atoms with van der Waals surface area (Å²) >= 11 is 0. The molecule has 0 spiro atoms. The van der Waals surface area contributed by atoms with Gasteiger partial charge in [-0.05, 0) is 45.0 Å². The van der Waals surface area contributed by atoms with Gasteiger partial charge in [-0.3, -0.25) is 4.79 Å². The molecule has 0 fully saturated rings. The Bertz CT molecular complexity index is 940. The third-order valence-corrected chi connectivity index (χ3v) is 3.94. The highest BCUT2D eigenvalue weighted by molar-refractivity contribution is 6.14. The van der Waals surface area contributed by atoms with Crippen molar-refractivity contribution in [3.8, 4) is 11.5 Å². The number of carbonyl (C=O) groups is 3. The van der Waals surface area contributed by atoms with Crippen LogP contribution in [-0.4, -0.2) is 43.1 Å². The Balaban J connectivity index is 1.77. The molecule has 0 amide bonds. The molecule has 0 atom stereocenters. The number of fused-ring (bicyclic) bond motifs is 1. The van der Waals surface area contributed by atoms with Gasteiger partial charge >= 0.3 is 11.9 Å². The van der Waals surface area contributed by atoms with Crippen molar-refractivity contribution >= 4 is 17.7 Å². The van der Waals surface area contributed by atoms with Crippen LogP contribution in [0.3, 0.4) is 0 Å². The van der Waals surface area contributed by atoms with Crippen LogP contribution < -0.4 is 9.47 Å². The molecule has 2 aromatic carbocycles. The van der Waals surface area contributed by atoms with E-state index in [1.54, 1.807) is 51.1 Å². The molecule has 152 valence electrons. The zero-order chi connectivity index (χ0) is 21.0. The van der Waals surface area contributed by atoms with Crippen LogP contribution in [0.25, 0.3) is 0 Å². The predicted octanol–water partition coefficient (Wildman–Crippen LogP) is 3.19. The van der Waals surface area contributed by atoms with Crippen molar-refractivity contribution in [1.29, 1.82) is 0 Å². The molecular formula is C22H22O7. The van der Waals surface area contributed by atoms with Gasteiger partial charge in [0.05, 0.1) is 5.56 Å². The molecule has 0 radical (unpaired) electrons.